The van der Waals surface area contributed by atoms with Gasteiger partial charge in [0, 0.05) is 29.8 Å². The first-order valence-corrected chi connectivity index (χ1v) is 11.8. The van der Waals surface area contributed by atoms with Crippen LogP contribution >= 0.6 is 28.4 Å². The van der Waals surface area contributed by atoms with Gasteiger partial charge in [-0.15, -0.1) is 0 Å². The van der Waals surface area contributed by atoms with E-state index in [9.17, 15) is 8.78 Å². The number of halogens is 3. The van der Waals surface area contributed by atoms with Gasteiger partial charge in [0.25, 0.3) is 0 Å². The summed E-state index contributed by atoms with van der Waals surface area (Å²) < 4.78 is 36.6. The van der Waals surface area contributed by atoms with Crippen LogP contribution in [0, 0.1) is 11.6 Å². The van der Waals surface area contributed by atoms with E-state index in [0.717, 1.165) is 0 Å². The third kappa shape index (κ3) is 3.23. The normalized spacial score (nSPS) is 11.5. The number of H-pyrrole nitrogens is 1. The van der Waals surface area contributed by atoms with Gasteiger partial charge in [-0.25, -0.2) is 13.8 Å². The summed E-state index contributed by atoms with van der Waals surface area (Å²) in [5.74, 6) is -0.686. The van der Waals surface area contributed by atoms with E-state index in [1.807, 2.05) is 4.34 Å². The number of aromatic amines is 1. The molecule has 0 aliphatic heterocycles. The van der Waals surface area contributed by atoms with Crippen LogP contribution in [0.1, 0.15) is 5.56 Å². The first-order chi connectivity index (χ1) is 13.1. The Morgan fingerprint density at radius 2 is 2.07 bits per heavy atom. The fourth-order valence-corrected chi connectivity index (χ4v) is 4.30. The molecule has 2 aromatic heterocycles. The Bertz CT molecular complexity index is 1140. The number of benzene rings is 2. The highest BCUT2D eigenvalue weighted by Crippen LogP contribution is 2.38. The summed E-state index contributed by atoms with van der Waals surface area (Å²) in [6, 6.07) is 7.22. The summed E-state index contributed by atoms with van der Waals surface area (Å²) in [4.78, 5) is 4.35. The third-order valence-corrected chi connectivity index (χ3v) is 6.13. The van der Waals surface area contributed by atoms with E-state index in [4.69, 9.17) is 4.74 Å². The lowest BCUT2D eigenvalue weighted by molar-refractivity contribution is 0.441. The maximum Gasteiger partial charge on any atom is 0.172 e. The first kappa shape index (κ1) is 18.1. The van der Waals surface area contributed by atoms with Crippen LogP contribution in [0.2, 0.25) is 0 Å². The highest BCUT2D eigenvalue weighted by molar-refractivity contribution is 14.2. The molecule has 0 aliphatic rings. The Kier molecular flexibility index (Phi) is 4.92. The van der Waals surface area contributed by atoms with E-state index in [-0.39, 0.29) is 17.1 Å². The molecule has 4 rings (SSSR count). The van der Waals surface area contributed by atoms with Crippen molar-refractivity contribution in [3.8, 4) is 22.8 Å². The number of fused-ring (bicyclic) bond motifs is 1. The van der Waals surface area contributed by atoms with Crippen molar-refractivity contribution in [3.05, 3.63) is 66.6 Å². The predicted molar refractivity (Wildman–Crippen MR) is 112 cm³/mol. The van der Waals surface area contributed by atoms with Gasteiger partial charge in [0.1, 0.15) is 11.6 Å². The van der Waals surface area contributed by atoms with E-state index in [1.165, 1.54) is 36.5 Å². The van der Waals surface area contributed by atoms with Gasteiger partial charge in [0.15, 0.2) is 11.6 Å². The minimum absolute atomic E-state index is 0.00158. The van der Waals surface area contributed by atoms with Crippen molar-refractivity contribution >= 4 is 45.5 Å². The van der Waals surface area contributed by atoms with Crippen LogP contribution in [0.3, 0.4) is 0 Å². The summed E-state index contributed by atoms with van der Waals surface area (Å²) in [5, 5.41) is 6.53. The van der Waals surface area contributed by atoms with Crippen molar-refractivity contribution in [2.45, 2.75) is 0 Å². The molecule has 4 aromatic rings. The second kappa shape index (κ2) is 7.36. The van der Waals surface area contributed by atoms with Gasteiger partial charge >= 0.3 is 0 Å². The second-order valence-corrected chi connectivity index (χ2v) is 7.68. The number of nitrogens with zero attached hydrogens (tertiary/aromatic N) is 3. The van der Waals surface area contributed by atoms with E-state index in [1.54, 1.807) is 12.4 Å². The quantitative estimate of drug-likeness (QED) is 0.275. The van der Waals surface area contributed by atoms with Gasteiger partial charge in [-0.2, -0.15) is 5.10 Å². The van der Waals surface area contributed by atoms with E-state index >= 15 is 0 Å². The van der Waals surface area contributed by atoms with E-state index in [0.29, 0.717) is 28.7 Å². The van der Waals surface area contributed by atoms with Crippen LogP contribution < -0.4 is 4.74 Å². The van der Waals surface area contributed by atoms with Crippen LogP contribution in [-0.4, -0.2) is 19.5 Å². The SMILES string of the molecule is C=Cc1c(Oc2ccc(F)c(-c3ccn[nH]3)c2)c(F)cc2c1ncn2PI. The van der Waals surface area contributed by atoms with Crippen molar-refractivity contribution in [1.29, 1.82) is 0 Å². The summed E-state index contributed by atoms with van der Waals surface area (Å²) in [5.41, 5.74) is 2.49. The van der Waals surface area contributed by atoms with Crippen molar-refractivity contribution < 1.29 is 13.5 Å². The fraction of sp³-hybridized carbons (Fsp3) is 0. The minimum Gasteiger partial charge on any atom is -0.454 e. The summed E-state index contributed by atoms with van der Waals surface area (Å²) in [7, 11) is 0. The van der Waals surface area contributed by atoms with Crippen LogP contribution in [0.25, 0.3) is 28.4 Å². The topological polar surface area (TPSA) is 55.7 Å². The number of hydrogen-bond acceptors (Lipinski definition) is 3. The van der Waals surface area contributed by atoms with Gasteiger partial charge in [0.05, 0.1) is 23.1 Å². The zero-order valence-corrected chi connectivity index (χ0v) is 16.9. The predicted octanol–water partition coefficient (Wildman–Crippen LogP) is 5.93. The van der Waals surface area contributed by atoms with Crippen LogP contribution in [-0.2, 0) is 0 Å². The summed E-state index contributed by atoms with van der Waals surface area (Å²) >= 11 is 2.20. The zero-order chi connectivity index (χ0) is 19.0. The second-order valence-electron chi connectivity index (χ2n) is 5.59. The van der Waals surface area contributed by atoms with E-state index in [2.05, 4.69) is 43.8 Å². The maximum atomic E-state index is 14.8. The number of aromatic nitrogens is 4. The molecule has 0 amide bonds. The monoisotopic (exact) mass is 496 g/mol. The van der Waals surface area contributed by atoms with Gasteiger partial charge in [-0.3, -0.25) is 5.10 Å². The van der Waals surface area contributed by atoms with Crippen LogP contribution in [0.5, 0.6) is 11.5 Å². The third-order valence-electron chi connectivity index (χ3n) is 4.03. The molecule has 5 nitrogen and oxygen atoms in total. The van der Waals surface area contributed by atoms with Gasteiger partial charge < -0.3 is 9.07 Å². The molecular formula is C18H12F2IN4OP. The fourth-order valence-electron chi connectivity index (χ4n) is 2.78. The molecule has 0 radical (unpaired) electrons. The Hall–Kier alpha value is -2.32. The van der Waals surface area contributed by atoms with Crippen molar-refractivity contribution in [2.24, 2.45) is 0 Å². The van der Waals surface area contributed by atoms with Crippen molar-refractivity contribution in [2.75, 3.05) is 0 Å². The summed E-state index contributed by atoms with van der Waals surface area (Å²) in [6.45, 7) is 3.76. The highest BCUT2D eigenvalue weighted by atomic mass is 127. The lowest BCUT2D eigenvalue weighted by atomic mass is 10.1. The molecule has 0 bridgehead atoms. The minimum atomic E-state index is -0.541. The molecule has 1 N–H and O–H groups in total. The maximum absolute atomic E-state index is 14.8. The van der Waals surface area contributed by atoms with Crippen molar-refractivity contribution in [1.82, 2.24) is 19.5 Å². The Balaban J connectivity index is 1.81. The molecule has 2 aromatic carbocycles. The molecule has 0 saturated heterocycles. The molecule has 0 aliphatic carbocycles. The summed E-state index contributed by atoms with van der Waals surface area (Å²) in [6.07, 6.45) is 5.07. The molecule has 1 unspecified atom stereocenters. The lowest BCUT2D eigenvalue weighted by Crippen LogP contribution is -1.95. The molecule has 0 spiro atoms. The van der Waals surface area contributed by atoms with Crippen LogP contribution in [0.15, 0.2) is 49.4 Å². The molecule has 9 heteroatoms. The molecule has 27 heavy (non-hydrogen) atoms. The number of hydrogen-bond donors (Lipinski definition) is 1. The van der Waals surface area contributed by atoms with Gasteiger partial charge in [-0.1, -0.05) is 12.7 Å². The molecular weight excluding hydrogens is 484 g/mol. The van der Waals surface area contributed by atoms with Gasteiger partial charge in [0.2, 0.25) is 0 Å². The number of nitrogens with one attached hydrogen (secondary N) is 1. The Labute approximate surface area is 167 Å². The van der Waals surface area contributed by atoms with Crippen LogP contribution in [0.4, 0.5) is 8.78 Å². The average Bonchev–Trinajstić information content (AvgIpc) is 3.33. The molecule has 0 fully saturated rings. The number of imidazole rings is 1. The Morgan fingerprint density at radius 1 is 1.22 bits per heavy atom. The molecule has 1 atom stereocenters. The molecule has 2 heterocycles. The molecule has 0 saturated carbocycles. The Morgan fingerprint density at radius 3 is 2.78 bits per heavy atom. The zero-order valence-electron chi connectivity index (χ0n) is 13.7. The first-order valence-electron chi connectivity index (χ1n) is 7.78. The number of ether oxygens (including phenoxy) is 1. The number of rotatable bonds is 5. The molecule has 136 valence electrons. The van der Waals surface area contributed by atoms with Crippen molar-refractivity contribution in [3.63, 3.8) is 0 Å². The van der Waals surface area contributed by atoms with E-state index < -0.39 is 11.6 Å². The van der Waals surface area contributed by atoms with Gasteiger partial charge in [-0.05, 0) is 46.3 Å². The largest absolute Gasteiger partial charge is 0.454 e. The standard InChI is InChI=1S/C18H12F2IN4OP/c1-2-11-17-16(25(27-21)9-22-17)8-14(20)18(11)26-10-3-4-13(19)12(7-10)15-5-6-23-24-15/h2-9,27H,1H2,(H,23,24). The highest BCUT2D eigenvalue weighted by Gasteiger charge is 2.18. The lowest BCUT2D eigenvalue weighted by Gasteiger charge is -2.12. The smallest absolute Gasteiger partial charge is 0.172 e. The average molecular weight is 496 g/mol.